The molecule has 1 aliphatic rings. The van der Waals surface area contributed by atoms with E-state index in [9.17, 15) is 4.79 Å². The SMILES string of the molecule is CCN1Cc2ccccc2-c2ccccc2C1=O. The second-order valence-corrected chi connectivity index (χ2v) is 4.52. The summed E-state index contributed by atoms with van der Waals surface area (Å²) in [6.07, 6.45) is 0. The summed E-state index contributed by atoms with van der Waals surface area (Å²) in [4.78, 5) is 14.4. The standard InChI is InChI=1S/C16H15NO/c1-2-17-11-12-7-3-4-8-13(12)14-9-5-6-10-15(14)16(17)18/h3-10H,2,11H2,1H3. The highest BCUT2D eigenvalue weighted by Crippen LogP contribution is 2.32. The van der Waals surface area contributed by atoms with Gasteiger partial charge in [0.2, 0.25) is 0 Å². The average Bonchev–Trinajstić information content (AvgIpc) is 2.55. The van der Waals surface area contributed by atoms with Gasteiger partial charge in [0.25, 0.3) is 5.91 Å². The van der Waals surface area contributed by atoms with Crippen LogP contribution in [-0.2, 0) is 6.54 Å². The predicted molar refractivity (Wildman–Crippen MR) is 72.3 cm³/mol. The molecule has 0 aromatic heterocycles. The maximum atomic E-state index is 12.5. The van der Waals surface area contributed by atoms with Gasteiger partial charge in [-0.3, -0.25) is 4.79 Å². The minimum Gasteiger partial charge on any atom is -0.335 e. The quantitative estimate of drug-likeness (QED) is 0.745. The van der Waals surface area contributed by atoms with E-state index in [0.717, 1.165) is 17.7 Å². The van der Waals surface area contributed by atoms with E-state index in [1.165, 1.54) is 11.1 Å². The third kappa shape index (κ3) is 1.61. The van der Waals surface area contributed by atoms with Crippen LogP contribution in [0.2, 0.25) is 0 Å². The molecule has 1 amide bonds. The fourth-order valence-electron chi connectivity index (χ4n) is 2.53. The maximum Gasteiger partial charge on any atom is 0.254 e. The van der Waals surface area contributed by atoms with Gasteiger partial charge in [0.05, 0.1) is 0 Å². The van der Waals surface area contributed by atoms with Crippen molar-refractivity contribution >= 4 is 5.91 Å². The number of rotatable bonds is 1. The van der Waals surface area contributed by atoms with Crippen LogP contribution in [0.25, 0.3) is 11.1 Å². The van der Waals surface area contributed by atoms with E-state index >= 15 is 0 Å². The molecule has 0 saturated carbocycles. The van der Waals surface area contributed by atoms with Crippen LogP contribution in [0.4, 0.5) is 0 Å². The van der Waals surface area contributed by atoms with Gasteiger partial charge >= 0.3 is 0 Å². The van der Waals surface area contributed by atoms with Crippen LogP contribution in [0.5, 0.6) is 0 Å². The summed E-state index contributed by atoms with van der Waals surface area (Å²) < 4.78 is 0. The van der Waals surface area contributed by atoms with Crippen LogP contribution in [0.3, 0.4) is 0 Å². The molecule has 0 unspecified atom stereocenters. The molecule has 2 nitrogen and oxygen atoms in total. The average molecular weight is 237 g/mol. The Morgan fingerprint density at radius 1 is 0.944 bits per heavy atom. The number of hydrogen-bond acceptors (Lipinski definition) is 1. The van der Waals surface area contributed by atoms with Crippen molar-refractivity contribution in [2.45, 2.75) is 13.5 Å². The van der Waals surface area contributed by atoms with Crippen molar-refractivity contribution in [3.8, 4) is 11.1 Å². The molecule has 18 heavy (non-hydrogen) atoms. The Morgan fingerprint density at radius 2 is 1.56 bits per heavy atom. The normalized spacial score (nSPS) is 13.8. The third-order valence-corrected chi connectivity index (χ3v) is 3.50. The van der Waals surface area contributed by atoms with E-state index in [4.69, 9.17) is 0 Å². The van der Waals surface area contributed by atoms with E-state index in [2.05, 4.69) is 12.1 Å². The van der Waals surface area contributed by atoms with Gasteiger partial charge in [0.1, 0.15) is 0 Å². The summed E-state index contributed by atoms with van der Waals surface area (Å²) in [6, 6.07) is 16.1. The van der Waals surface area contributed by atoms with Gasteiger partial charge in [-0.2, -0.15) is 0 Å². The van der Waals surface area contributed by atoms with Crippen LogP contribution < -0.4 is 0 Å². The lowest BCUT2D eigenvalue weighted by Gasteiger charge is -2.19. The summed E-state index contributed by atoms with van der Waals surface area (Å²) >= 11 is 0. The topological polar surface area (TPSA) is 20.3 Å². The molecule has 3 rings (SSSR count). The molecule has 1 heterocycles. The van der Waals surface area contributed by atoms with Gasteiger partial charge < -0.3 is 4.90 Å². The Morgan fingerprint density at radius 3 is 2.28 bits per heavy atom. The summed E-state index contributed by atoms with van der Waals surface area (Å²) in [5, 5.41) is 0. The lowest BCUT2D eigenvalue weighted by atomic mass is 9.97. The highest BCUT2D eigenvalue weighted by molar-refractivity contribution is 6.02. The van der Waals surface area contributed by atoms with Crippen LogP contribution in [0.1, 0.15) is 22.8 Å². The first-order chi connectivity index (χ1) is 8.81. The number of carbonyl (C=O) groups is 1. The Labute approximate surface area is 107 Å². The summed E-state index contributed by atoms with van der Waals surface area (Å²) in [7, 11) is 0. The Hall–Kier alpha value is -2.09. The first-order valence-corrected chi connectivity index (χ1v) is 6.28. The highest BCUT2D eigenvalue weighted by atomic mass is 16.2. The summed E-state index contributed by atoms with van der Waals surface area (Å²) in [5.74, 6) is 0.129. The zero-order valence-corrected chi connectivity index (χ0v) is 10.4. The molecule has 90 valence electrons. The van der Waals surface area contributed by atoms with Crippen molar-refractivity contribution in [1.29, 1.82) is 0 Å². The number of hydrogen-bond donors (Lipinski definition) is 0. The second kappa shape index (κ2) is 4.30. The van der Waals surface area contributed by atoms with Gasteiger partial charge in [-0.1, -0.05) is 42.5 Å². The fraction of sp³-hybridized carbons (Fsp3) is 0.188. The number of nitrogens with zero attached hydrogens (tertiary/aromatic N) is 1. The highest BCUT2D eigenvalue weighted by Gasteiger charge is 2.23. The minimum absolute atomic E-state index is 0.129. The van der Waals surface area contributed by atoms with E-state index < -0.39 is 0 Å². The summed E-state index contributed by atoms with van der Waals surface area (Å²) in [6.45, 7) is 3.45. The van der Waals surface area contributed by atoms with E-state index in [1.807, 2.05) is 48.2 Å². The molecule has 0 atom stereocenters. The van der Waals surface area contributed by atoms with Crippen LogP contribution in [0.15, 0.2) is 48.5 Å². The van der Waals surface area contributed by atoms with Gasteiger partial charge in [0, 0.05) is 18.7 Å². The van der Waals surface area contributed by atoms with Crippen LogP contribution in [-0.4, -0.2) is 17.4 Å². The minimum atomic E-state index is 0.129. The molecular weight excluding hydrogens is 222 g/mol. The Kier molecular flexibility index (Phi) is 2.63. The van der Waals surface area contributed by atoms with Gasteiger partial charge in [0.15, 0.2) is 0 Å². The van der Waals surface area contributed by atoms with E-state index in [-0.39, 0.29) is 5.91 Å². The molecule has 0 N–H and O–H groups in total. The molecule has 0 spiro atoms. The molecular formula is C16H15NO. The zero-order valence-electron chi connectivity index (χ0n) is 10.4. The van der Waals surface area contributed by atoms with Crippen molar-refractivity contribution < 1.29 is 4.79 Å². The molecule has 0 saturated heterocycles. The number of carbonyl (C=O) groups excluding carboxylic acids is 1. The number of amides is 1. The Balaban J connectivity index is 2.28. The number of benzene rings is 2. The zero-order chi connectivity index (χ0) is 12.5. The van der Waals surface area contributed by atoms with Crippen molar-refractivity contribution in [2.24, 2.45) is 0 Å². The van der Waals surface area contributed by atoms with Crippen LogP contribution in [0, 0.1) is 0 Å². The Bertz CT molecular complexity index is 604. The van der Waals surface area contributed by atoms with Crippen molar-refractivity contribution in [3.63, 3.8) is 0 Å². The molecule has 1 aliphatic heterocycles. The molecule has 0 radical (unpaired) electrons. The monoisotopic (exact) mass is 237 g/mol. The molecule has 0 bridgehead atoms. The van der Waals surface area contributed by atoms with Crippen molar-refractivity contribution in [3.05, 3.63) is 59.7 Å². The lowest BCUT2D eigenvalue weighted by Crippen LogP contribution is -2.29. The lowest BCUT2D eigenvalue weighted by molar-refractivity contribution is 0.0756. The van der Waals surface area contributed by atoms with Crippen molar-refractivity contribution in [2.75, 3.05) is 6.54 Å². The fourth-order valence-corrected chi connectivity index (χ4v) is 2.53. The first-order valence-electron chi connectivity index (χ1n) is 6.28. The molecule has 0 fully saturated rings. The third-order valence-electron chi connectivity index (χ3n) is 3.50. The first kappa shape index (κ1) is 11.0. The summed E-state index contributed by atoms with van der Waals surface area (Å²) in [5.41, 5.74) is 4.26. The largest absolute Gasteiger partial charge is 0.335 e. The second-order valence-electron chi connectivity index (χ2n) is 4.52. The van der Waals surface area contributed by atoms with E-state index in [1.54, 1.807) is 0 Å². The molecule has 2 aromatic carbocycles. The van der Waals surface area contributed by atoms with Gasteiger partial charge in [-0.15, -0.1) is 0 Å². The van der Waals surface area contributed by atoms with Gasteiger partial charge in [-0.25, -0.2) is 0 Å². The van der Waals surface area contributed by atoms with E-state index in [0.29, 0.717) is 6.54 Å². The predicted octanol–water partition coefficient (Wildman–Crippen LogP) is 3.33. The number of fused-ring (bicyclic) bond motifs is 3. The maximum absolute atomic E-state index is 12.5. The molecule has 2 aromatic rings. The van der Waals surface area contributed by atoms with Crippen LogP contribution >= 0.6 is 0 Å². The smallest absolute Gasteiger partial charge is 0.254 e. The van der Waals surface area contributed by atoms with Crippen molar-refractivity contribution in [1.82, 2.24) is 4.90 Å². The molecule has 0 aliphatic carbocycles. The molecule has 2 heteroatoms. The van der Waals surface area contributed by atoms with Gasteiger partial charge in [-0.05, 0) is 29.7 Å².